The minimum Gasteiger partial charge on any atom is -0.326 e. The molecule has 4 nitrogen and oxygen atoms in total. The van der Waals surface area contributed by atoms with Gasteiger partial charge in [0.1, 0.15) is 5.82 Å². The van der Waals surface area contributed by atoms with Gasteiger partial charge in [-0.15, -0.1) is 0 Å². The maximum absolute atomic E-state index is 12.9. The number of anilines is 2. The van der Waals surface area contributed by atoms with Crippen LogP contribution in [0.3, 0.4) is 0 Å². The first-order valence-corrected chi connectivity index (χ1v) is 7.95. The summed E-state index contributed by atoms with van der Waals surface area (Å²) in [6.45, 7) is 0.328. The van der Waals surface area contributed by atoms with Crippen molar-refractivity contribution in [3.05, 3.63) is 58.8 Å². The van der Waals surface area contributed by atoms with Crippen LogP contribution in [0.4, 0.5) is 15.8 Å². The van der Waals surface area contributed by atoms with Crippen LogP contribution in [0.15, 0.2) is 53.0 Å². The monoisotopic (exact) mass is 376 g/mol. The first-order chi connectivity index (χ1) is 11.0. The number of rotatable bonds is 3. The third kappa shape index (κ3) is 3.42. The molecule has 23 heavy (non-hydrogen) atoms. The van der Waals surface area contributed by atoms with Crippen molar-refractivity contribution in [2.75, 3.05) is 16.8 Å². The Morgan fingerprint density at radius 1 is 1.17 bits per heavy atom. The van der Waals surface area contributed by atoms with E-state index in [0.29, 0.717) is 12.2 Å². The highest BCUT2D eigenvalue weighted by atomic mass is 79.9. The fourth-order valence-corrected chi connectivity index (χ4v) is 3.06. The van der Waals surface area contributed by atoms with Gasteiger partial charge in [0.2, 0.25) is 11.8 Å². The number of halogens is 2. The van der Waals surface area contributed by atoms with Gasteiger partial charge in [-0.05, 0) is 52.3 Å². The van der Waals surface area contributed by atoms with Crippen molar-refractivity contribution in [2.45, 2.75) is 6.42 Å². The summed E-state index contributed by atoms with van der Waals surface area (Å²) in [5.41, 5.74) is 1.28. The summed E-state index contributed by atoms with van der Waals surface area (Å²) >= 11 is 3.42. The number of carbonyl (C=O) groups excluding carboxylic acids is 2. The van der Waals surface area contributed by atoms with Gasteiger partial charge in [0.25, 0.3) is 0 Å². The van der Waals surface area contributed by atoms with E-state index in [1.165, 1.54) is 24.3 Å². The lowest BCUT2D eigenvalue weighted by Gasteiger charge is -2.18. The Morgan fingerprint density at radius 2 is 1.87 bits per heavy atom. The summed E-state index contributed by atoms with van der Waals surface area (Å²) in [5.74, 6) is -1.12. The van der Waals surface area contributed by atoms with Gasteiger partial charge in [-0.2, -0.15) is 0 Å². The van der Waals surface area contributed by atoms with E-state index in [4.69, 9.17) is 0 Å². The maximum atomic E-state index is 12.9. The number of nitrogens with zero attached hydrogens (tertiary/aromatic N) is 1. The summed E-state index contributed by atoms with van der Waals surface area (Å²) < 4.78 is 13.7. The Hall–Kier alpha value is -2.21. The molecule has 0 aliphatic carbocycles. The molecule has 2 aromatic rings. The second kappa shape index (κ2) is 6.50. The normalized spacial score (nSPS) is 17.4. The predicted molar refractivity (Wildman–Crippen MR) is 89.6 cm³/mol. The van der Waals surface area contributed by atoms with E-state index in [1.54, 1.807) is 4.90 Å². The van der Waals surface area contributed by atoms with Crippen molar-refractivity contribution < 1.29 is 14.0 Å². The maximum Gasteiger partial charge on any atom is 0.229 e. The SMILES string of the molecule is O=C(Nc1ccc(F)cc1)C1CC(=O)N(c2ccccc2Br)C1. The van der Waals surface area contributed by atoms with Gasteiger partial charge in [0.05, 0.1) is 11.6 Å². The van der Waals surface area contributed by atoms with E-state index >= 15 is 0 Å². The first kappa shape index (κ1) is 15.7. The standard InChI is InChI=1S/C17H14BrFN2O2/c18-14-3-1-2-4-15(14)21-10-11(9-16(21)22)17(23)20-13-7-5-12(19)6-8-13/h1-8,11H,9-10H2,(H,20,23). The lowest BCUT2D eigenvalue weighted by Crippen LogP contribution is -2.28. The van der Waals surface area contributed by atoms with Crippen molar-refractivity contribution in [2.24, 2.45) is 5.92 Å². The molecule has 118 valence electrons. The number of para-hydroxylation sites is 1. The molecule has 1 saturated heterocycles. The molecular formula is C17H14BrFN2O2. The zero-order valence-corrected chi connectivity index (χ0v) is 13.7. The molecule has 6 heteroatoms. The lowest BCUT2D eigenvalue weighted by molar-refractivity contribution is -0.122. The highest BCUT2D eigenvalue weighted by molar-refractivity contribution is 9.10. The van der Waals surface area contributed by atoms with E-state index in [0.717, 1.165) is 10.2 Å². The van der Waals surface area contributed by atoms with Crippen LogP contribution in [-0.4, -0.2) is 18.4 Å². The van der Waals surface area contributed by atoms with Crippen molar-refractivity contribution in [1.29, 1.82) is 0 Å². The topological polar surface area (TPSA) is 49.4 Å². The number of nitrogens with one attached hydrogen (secondary N) is 1. The lowest BCUT2D eigenvalue weighted by atomic mass is 10.1. The van der Waals surface area contributed by atoms with Gasteiger partial charge in [-0.25, -0.2) is 4.39 Å². The summed E-state index contributed by atoms with van der Waals surface area (Å²) in [4.78, 5) is 26.1. The molecule has 1 aliphatic rings. The molecule has 1 unspecified atom stereocenters. The van der Waals surface area contributed by atoms with E-state index in [-0.39, 0.29) is 24.1 Å². The molecule has 1 heterocycles. The smallest absolute Gasteiger partial charge is 0.229 e. The molecule has 0 saturated carbocycles. The molecular weight excluding hydrogens is 363 g/mol. The van der Waals surface area contributed by atoms with E-state index in [2.05, 4.69) is 21.2 Å². The van der Waals surface area contributed by atoms with Gasteiger partial charge in [-0.1, -0.05) is 12.1 Å². The molecule has 1 aliphatic heterocycles. The second-order valence-electron chi connectivity index (χ2n) is 5.35. The van der Waals surface area contributed by atoms with Crippen LogP contribution in [0.2, 0.25) is 0 Å². The van der Waals surface area contributed by atoms with Crippen molar-refractivity contribution in [1.82, 2.24) is 0 Å². The summed E-state index contributed by atoms with van der Waals surface area (Å²) in [6, 6.07) is 13.0. The summed E-state index contributed by atoms with van der Waals surface area (Å²) in [6.07, 6.45) is 0.161. The molecule has 3 rings (SSSR count). The summed E-state index contributed by atoms with van der Waals surface area (Å²) in [5, 5.41) is 2.72. The molecule has 0 bridgehead atoms. The van der Waals surface area contributed by atoms with Gasteiger partial charge in [0, 0.05) is 23.1 Å². The molecule has 1 fully saturated rings. The Balaban J connectivity index is 1.71. The largest absolute Gasteiger partial charge is 0.326 e. The molecule has 2 amide bonds. The Bertz CT molecular complexity index is 749. The minimum absolute atomic E-state index is 0.0869. The second-order valence-corrected chi connectivity index (χ2v) is 6.21. The highest BCUT2D eigenvalue weighted by Gasteiger charge is 2.35. The number of carbonyl (C=O) groups is 2. The van der Waals surface area contributed by atoms with Crippen LogP contribution >= 0.6 is 15.9 Å². The molecule has 0 spiro atoms. The average Bonchev–Trinajstić information content (AvgIpc) is 2.92. The van der Waals surface area contributed by atoms with Crippen molar-refractivity contribution in [3.8, 4) is 0 Å². The predicted octanol–water partition coefficient (Wildman–Crippen LogP) is 3.58. The molecule has 0 aromatic heterocycles. The van der Waals surface area contributed by atoms with Crippen LogP contribution in [-0.2, 0) is 9.59 Å². The van der Waals surface area contributed by atoms with Crippen molar-refractivity contribution in [3.63, 3.8) is 0 Å². The van der Waals surface area contributed by atoms with Crippen LogP contribution in [0.5, 0.6) is 0 Å². The number of hydrogen-bond acceptors (Lipinski definition) is 2. The number of amides is 2. The zero-order chi connectivity index (χ0) is 16.4. The third-order valence-corrected chi connectivity index (χ3v) is 4.42. The Morgan fingerprint density at radius 3 is 2.57 bits per heavy atom. The fourth-order valence-electron chi connectivity index (χ4n) is 2.56. The fraction of sp³-hybridized carbons (Fsp3) is 0.176. The third-order valence-electron chi connectivity index (χ3n) is 3.75. The minimum atomic E-state index is -0.431. The molecule has 1 atom stereocenters. The quantitative estimate of drug-likeness (QED) is 0.889. The van der Waals surface area contributed by atoms with E-state index in [9.17, 15) is 14.0 Å². The first-order valence-electron chi connectivity index (χ1n) is 7.16. The van der Waals surface area contributed by atoms with Crippen LogP contribution < -0.4 is 10.2 Å². The Labute approximate surface area is 141 Å². The van der Waals surface area contributed by atoms with Crippen LogP contribution in [0.1, 0.15) is 6.42 Å². The van der Waals surface area contributed by atoms with Gasteiger partial charge < -0.3 is 10.2 Å². The van der Waals surface area contributed by atoms with E-state index in [1.807, 2.05) is 24.3 Å². The van der Waals surface area contributed by atoms with Gasteiger partial charge in [-0.3, -0.25) is 9.59 Å². The van der Waals surface area contributed by atoms with Gasteiger partial charge in [0.15, 0.2) is 0 Å². The van der Waals surface area contributed by atoms with Gasteiger partial charge >= 0.3 is 0 Å². The van der Waals surface area contributed by atoms with Crippen LogP contribution in [0, 0.1) is 11.7 Å². The van der Waals surface area contributed by atoms with E-state index < -0.39 is 5.92 Å². The van der Waals surface area contributed by atoms with Crippen LogP contribution in [0.25, 0.3) is 0 Å². The average molecular weight is 377 g/mol. The summed E-state index contributed by atoms with van der Waals surface area (Å²) in [7, 11) is 0. The molecule has 1 N–H and O–H groups in total. The Kier molecular flexibility index (Phi) is 4.43. The molecule has 2 aromatic carbocycles. The number of benzene rings is 2. The highest BCUT2D eigenvalue weighted by Crippen LogP contribution is 2.31. The number of hydrogen-bond donors (Lipinski definition) is 1. The van der Waals surface area contributed by atoms with Crippen molar-refractivity contribution >= 4 is 39.1 Å². The zero-order valence-electron chi connectivity index (χ0n) is 12.1. The molecule has 0 radical (unpaired) electrons.